The van der Waals surface area contributed by atoms with Gasteiger partial charge in [-0.3, -0.25) is 0 Å². The minimum absolute atomic E-state index is 0.793. The molecule has 0 saturated carbocycles. The number of hydrogen-bond donors (Lipinski definition) is 0. The van der Waals surface area contributed by atoms with E-state index in [1.54, 1.807) is 0 Å². The predicted molar refractivity (Wildman–Crippen MR) is 71.2 cm³/mol. The van der Waals surface area contributed by atoms with Crippen LogP contribution in [0.25, 0.3) is 11.3 Å². The van der Waals surface area contributed by atoms with Crippen LogP contribution in [-0.4, -0.2) is 4.98 Å². The molecular formula is C16H13NO. The topological polar surface area (TPSA) is 26.0 Å². The fraction of sp³-hybridized carbons (Fsp3) is 0.0625. The normalized spacial score (nSPS) is 10.4. The van der Waals surface area contributed by atoms with E-state index in [1.165, 1.54) is 12.0 Å². The van der Waals surface area contributed by atoms with E-state index in [0.717, 1.165) is 23.4 Å². The van der Waals surface area contributed by atoms with Crippen LogP contribution in [0.4, 0.5) is 0 Å². The summed E-state index contributed by atoms with van der Waals surface area (Å²) in [5.41, 5.74) is 3.29. The molecule has 0 atom stereocenters. The second kappa shape index (κ2) is 4.88. The molecule has 2 heteroatoms. The Morgan fingerprint density at radius 2 is 1.50 bits per heavy atom. The molecule has 0 spiro atoms. The van der Waals surface area contributed by atoms with Gasteiger partial charge in [-0.1, -0.05) is 60.7 Å². The lowest BCUT2D eigenvalue weighted by Gasteiger charge is -2.01. The standard InChI is InChI=1S/C16H13NO/c1-3-7-13(8-4-1)11-15-16(18-12-17-15)14-9-5-2-6-10-14/h1-10,12H,11H2. The van der Waals surface area contributed by atoms with Gasteiger partial charge in [0.05, 0.1) is 5.69 Å². The van der Waals surface area contributed by atoms with Gasteiger partial charge in [-0.05, 0) is 5.56 Å². The Morgan fingerprint density at radius 3 is 2.22 bits per heavy atom. The van der Waals surface area contributed by atoms with E-state index >= 15 is 0 Å². The van der Waals surface area contributed by atoms with E-state index in [2.05, 4.69) is 17.1 Å². The van der Waals surface area contributed by atoms with Crippen molar-refractivity contribution in [2.45, 2.75) is 6.42 Å². The number of nitrogens with zero attached hydrogens (tertiary/aromatic N) is 1. The molecule has 2 nitrogen and oxygen atoms in total. The third kappa shape index (κ3) is 2.18. The molecule has 18 heavy (non-hydrogen) atoms. The summed E-state index contributed by atoms with van der Waals surface area (Å²) in [4.78, 5) is 4.32. The van der Waals surface area contributed by atoms with Crippen molar-refractivity contribution in [2.75, 3.05) is 0 Å². The first-order chi connectivity index (χ1) is 8.93. The van der Waals surface area contributed by atoms with Gasteiger partial charge in [-0.2, -0.15) is 0 Å². The molecule has 1 aromatic heterocycles. The number of rotatable bonds is 3. The zero-order valence-corrected chi connectivity index (χ0v) is 9.91. The third-order valence-electron chi connectivity index (χ3n) is 2.89. The molecule has 0 N–H and O–H groups in total. The predicted octanol–water partition coefficient (Wildman–Crippen LogP) is 3.93. The molecule has 0 bridgehead atoms. The highest BCUT2D eigenvalue weighted by atomic mass is 16.3. The Kier molecular flexibility index (Phi) is 2.92. The molecular weight excluding hydrogens is 222 g/mol. The van der Waals surface area contributed by atoms with Crippen LogP contribution in [0.5, 0.6) is 0 Å². The Hall–Kier alpha value is -2.35. The Labute approximate surface area is 106 Å². The van der Waals surface area contributed by atoms with Crippen molar-refractivity contribution in [3.8, 4) is 11.3 Å². The van der Waals surface area contributed by atoms with Gasteiger partial charge in [0.1, 0.15) is 0 Å². The third-order valence-corrected chi connectivity index (χ3v) is 2.89. The highest BCUT2D eigenvalue weighted by molar-refractivity contribution is 5.59. The smallest absolute Gasteiger partial charge is 0.181 e. The SMILES string of the molecule is c1ccc(Cc2ncoc2-c2ccccc2)cc1. The zero-order chi connectivity index (χ0) is 12.2. The van der Waals surface area contributed by atoms with Gasteiger partial charge in [-0.15, -0.1) is 0 Å². The van der Waals surface area contributed by atoms with Gasteiger partial charge in [0, 0.05) is 12.0 Å². The minimum Gasteiger partial charge on any atom is -0.443 e. The van der Waals surface area contributed by atoms with E-state index in [4.69, 9.17) is 4.42 Å². The maximum atomic E-state index is 5.51. The van der Waals surface area contributed by atoms with E-state index in [0.29, 0.717) is 0 Å². The maximum Gasteiger partial charge on any atom is 0.181 e. The van der Waals surface area contributed by atoms with Crippen LogP contribution in [0.1, 0.15) is 11.3 Å². The van der Waals surface area contributed by atoms with Crippen molar-refractivity contribution in [3.63, 3.8) is 0 Å². The lowest BCUT2D eigenvalue weighted by molar-refractivity contribution is 0.571. The zero-order valence-electron chi connectivity index (χ0n) is 9.91. The summed E-state index contributed by atoms with van der Waals surface area (Å²) >= 11 is 0. The average molecular weight is 235 g/mol. The first-order valence-corrected chi connectivity index (χ1v) is 5.95. The highest BCUT2D eigenvalue weighted by Gasteiger charge is 2.10. The molecule has 0 radical (unpaired) electrons. The summed E-state index contributed by atoms with van der Waals surface area (Å²) in [5, 5.41) is 0. The first kappa shape index (κ1) is 10.8. The minimum atomic E-state index is 0.793. The van der Waals surface area contributed by atoms with Gasteiger partial charge in [0.2, 0.25) is 0 Å². The Balaban J connectivity index is 1.93. The summed E-state index contributed by atoms with van der Waals surface area (Å²) < 4.78 is 5.51. The Bertz CT molecular complexity index is 614. The van der Waals surface area contributed by atoms with Crippen LogP contribution in [0.3, 0.4) is 0 Å². The van der Waals surface area contributed by atoms with Gasteiger partial charge in [0.15, 0.2) is 12.2 Å². The second-order valence-electron chi connectivity index (χ2n) is 4.16. The van der Waals surface area contributed by atoms with E-state index < -0.39 is 0 Å². The van der Waals surface area contributed by atoms with E-state index in [-0.39, 0.29) is 0 Å². The number of hydrogen-bond acceptors (Lipinski definition) is 2. The van der Waals surface area contributed by atoms with Crippen molar-refractivity contribution >= 4 is 0 Å². The van der Waals surface area contributed by atoms with Crippen LogP contribution < -0.4 is 0 Å². The molecule has 0 fully saturated rings. The van der Waals surface area contributed by atoms with Crippen LogP contribution in [-0.2, 0) is 6.42 Å². The summed E-state index contributed by atoms with van der Waals surface area (Å²) in [6, 6.07) is 20.4. The van der Waals surface area contributed by atoms with E-state index in [1.807, 2.05) is 48.5 Å². The fourth-order valence-corrected chi connectivity index (χ4v) is 2.01. The molecule has 3 aromatic rings. The number of oxazole rings is 1. The molecule has 0 aliphatic heterocycles. The number of benzene rings is 2. The quantitative estimate of drug-likeness (QED) is 0.687. The summed E-state index contributed by atoms with van der Waals surface area (Å²) in [5.74, 6) is 0.861. The van der Waals surface area contributed by atoms with Gasteiger partial charge in [0.25, 0.3) is 0 Å². The molecule has 0 aliphatic rings. The van der Waals surface area contributed by atoms with Crippen molar-refractivity contribution in [1.82, 2.24) is 4.98 Å². The van der Waals surface area contributed by atoms with Gasteiger partial charge >= 0.3 is 0 Å². The van der Waals surface area contributed by atoms with Gasteiger partial charge < -0.3 is 4.42 Å². The first-order valence-electron chi connectivity index (χ1n) is 5.95. The van der Waals surface area contributed by atoms with Crippen molar-refractivity contribution < 1.29 is 4.42 Å². The molecule has 0 amide bonds. The van der Waals surface area contributed by atoms with Gasteiger partial charge in [-0.25, -0.2) is 4.98 Å². The maximum absolute atomic E-state index is 5.51. The molecule has 3 rings (SSSR count). The molecule has 0 aliphatic carbocycles. The molecule has 0 unspecified atom stereocenters. The molecule has 0 saturated heterocycles. The van der Waals surface area contributed by atoms with Crippen molar-refractivity contribution in [1.29, 1.82) is 0 Å². The number of aromatic nitrogens is 1. The lowest BCUT2D eigenvalue weighted by atomic mass is 10.1. The van der Waals surface area contributed by atoms with Crippen LogP contribution in [0, 0.1) is 0 Å². The highest BCUT2D eigenvalue weighted by Crippen LogP contribution is 2.24. The molecule has 2 aromatic carbocycles. The fourth-order valence-electron chi connectivity index (χ4n) is 2.01. The van der Waals surface area contributed by atoms with Crippen LogP contribution in [0.2, 0.25) is 0 Å². The Morgan fingerprint density at radius 1 is 0.833 bits per heavy atom. The molecule has 1 heterocycles. The summed E-state index contributed by atoms with van der Waals surface area (Å²) in [7, 11) is 0. The summed E-state index contributed by atoms with van der Waals surface area (Å²) in [6.45, 7) is 0. The average Bonchev–Trinajstić information content (AvgIpc) is 2.89. The van der Waals surface area contributed by atoms with E-state index in [9.17, 15) is 0 Å². The van der Waals surface area contributed by atoms with Crippen LogP contribution in [0.15, 0.2) is 71.5 Å². The van der Waals surface area contributed by atoms with Crippen molar-refractivity contribution in [2.24, 2.45) is 0 Å². The monoisotopic (exact) mass is 235 g/mol. The summed E-state index contributed by atoms with van der Waals surface area (Å²) in [6.07, 6.45) is 2.31. The largest absolute Gasteiger partial charge is 0.443 e. The van der Waals surface area contributed by atoms with Crippen molar-refractivity contribution in [3.05, 3.63) is 78.3 Å². The van der Waals surface area contributed by atoms with Crippen LogP contribution >= 0.6 is 0 Å². The molecule has 88 valence electrons. The lowest BCUT2D eigenvalue weighted by Crippen LogP contribution is -1.90. The second-order valence-corrected chi connectivity index (χ2v) is 4.16.